The van der Waals surface area contributed by atoms with Crippen LogP contribution in [0.15, 0.2) is 36.7 Å². The highest BCUT2D eigenvalue weighted by Gasteiger charge is 2.31. The van der Waals surface area contributed by atoms with Gasteiger partial charge in [-0.25, -0.2) is 4.98 Å². The van der Waals surface area contributed by atoms with Gasteiger partial charge in [0.05, 0.1) is 0 Å². The zero-order valence-electron chi connectivity index (χ0n) is 16.1. The molecule has 1 amide bonds. The number of anilines is 1. The molecule has 11 heteroatoms. The molecule has 1 aromatic carbocycles. The van der Waals surface area contributed by atoms with E-state index in [0.29, 0.717) is 37.5 Å². The third-order valence-electron chi connectivity index (χ3n) is 4.87. The van der Waals surface area contributed by atoms with Crippen LogP contribution in [0, 0.1) is 0 Å². The number of rotatable bonds is 4. The average molecular weight is 420 g/mol. The first-order valence-electron chi connectivity index (χ1n) is 9.44. The summed E-state index contributed by atoms with van der Waals surface area (Å²) in [7, 11) is 0. The number of alkyl halides is 3. The summed E-state index contributed by atoms with van der Waals surface area (Å²) in [5, 5.41) is 4.23. The Kier molecular flexibility index (Phi) is 5.18. The number of hydrogen-bond donors (Lipinski definition) is 0. The highest BCUT2D eigenvalue weighted by atomic mass is 19.4. The first-order chi connectivity index (χ1) is 14.3. The lowest BCUT2D eigenvalue weighted by atomic mass is 10.1. The fourth-order valence-corrected chi connectivity index (χ4v) is 3.37. The van der Waals surface area contributed by atoms with Crippen LogP contribution in [-0.2, 0) is 6.42 Å². The van der Waals surface area contributed by atoms with E-state index in [-0.39, 0.29) is 11.7 Å². The molecule has 0 aliphatic carbocycles. The molecule has 2 aromatic heterocycles. The van der Waals surface area contributed by atoms with Crippen molar-refractivity contribution in [3.63, 3.8) is 0 Å². The molecule has 0 bridgehead atoms. The van der Waals surface area contributed by atoms with Gasteiger partial charge in [0.1, 0.15) is 17.9 Å². The van der Waals surface area contributed by atoms with Gasteiger partial charge < -0.3 is 14.5 Å². The summed E-state index contributed by atoms with van der Waals surface area (Å²) in [6.07, 6.45) is -2.54. The molecule has 0 unspecified atom stereocenters. The molecule has 1 fully saturated rings. The smallest absolute Gasteiger partial charge is 0.406 e. The molecule has 1 saturated heterocycles. The molecular formula is C19H19F3N6O2. The minimum Gasteiger partial charge on any atom is -0.406 e. The zero-order valence-corrected chi connectivity index (χ0v) is 16.1. The molecule has 0 spiro atoms. The van der Waals surface area contributed by atoms with E-state index in [4.69, 9.17) is 0 Å². The van der Waals surface area contributed by atoms with Crippen LogP contribution in [-0.4, -0.2) is 62.9 Å². The van der Waals surface area contributed by atoms with Crippen LogP contribution in [0.5, 0.6) is 5.75 Å². The van der Waals surface area contributed by atoms with E-state index in [1.807, 2.05) is 13.0 Å². The molecule has 30 heavy (non-hydrogen) atoms. The highest BCUT2D eigenvalue weighted by molar-refractivity contribution is 5.94. The maximum atomic E-state index is 12.7. The fraction of sp³-hybridized carbons (Fsp3) is 0.368. The van der Waals surface area contributed by atoms with E-state index >= 15 is 0 Å². The average Bonchev–Trinajstić information content (AvgIpc) is 3.21. The first kappa shape index (κ1) is 19.9. The van der Waals surface area contributed by atoms with Crippen molar-refractivity contribution in [3.8, 4) is 5.75 Å². The number of nitrogens with zero attached hydrogens (tertiary/aromatic N) is 6. The predicted octanol–water partition coefficient (Wildman–Crippen LogP) is 2.55. The second-order valence-electron chi connectivity index (χ2n) is 6.78. The number of ether oxygens (including phenoxy) is 1. The number of benzene rings is 1. The maximum Gasteiger partial charge on any atom is 0.573 e. The van der Waals surface area contributed by atoms with Crippen molar-refractivity contribution in [2.75, 3.05) is 31.1 Å². The molecule has 0 N–H and O–H groups in total. The molecule has 8 nitrogen and oxygen atoms in total. The van der Waals surface area contributed by atoms with E-state index in [0.717, 1.165) is 30.1 Å². The lowest BCUT2D eigenvalue weighted by molar-refractivity contribution is -0.274. The van der Waals surface area contributed by atoms with Crippen LogP contribution >= 0.6 is 0 Å². The monoisotopic (exact) mass is 420 g/mol. The van der Waals surface area contributed by atoms with Gasteiger partial charge in [0.2, 0.25) is 0 Å². The van der Waals surface area contributed by atoms with Crippen LogP contribution in [0.3, 0.4) is 0 Å². The standard InChI is InChI=1S/C19H19F3N6O2/c1-2-14-11-16(28-18(25-14)23-12-24-28)26-7-9-27(10-8-26)17(29)13-3-5-15(6-4-13)30-19(20,21)22/h3-6,11-12H,2,7-10H2,1H3. The number of aryl methyl sites for hydroxylation is 1. The van der Waals surface area contributed by atoms with Crippen LogP contribution in [0.1, 0.15) is 23.0 Å². The number of piperazine rings is 1. The van der Waals surface area contributed by atoms with E-state index in [2.05, 4.69) is 24.7 Å². The Morgan fingerprint density at radius 1 is 1.13 bits per heavy atom. The lowest BCUT2D eigenvalue weighted by Crippen LogP contribution is -2.49. The lowest BCUT2D eigenvalue weighted by Gasteiger charge is -2.36. The summed E-state index contributed by atoms with van der Waals surface area (Å²) in [5.74, 6) is 0.812. The van der Waals surface area contributed by atoms with Gasteiger partial charge in [0, 0.05) is 43.5 Å². The van der Waals surface area contributed by atoms with Crippen molar-refractivity contribution in [1.82, 2.24) is 24.5 Å². The second-order valence-corrected chi connectivity index (χ2v) is 6.78. The quantitative estimate of drug-likeness (QED) is 0.646. The van der Waals surface area contributed by atoms with Crippen molar-refractivity contribution < 1.29 is 22.7 Å². The SMILES string of the molecule is CCc1cc(N2CCN(C(=O)c3ccc(OC(F)(F)F)cc3)CC2)n2ncnc2n1. The molecule has 1 aliphatic heterocycles. The molecule has 0 radical (unpaired) electrons. The first-order valence-corrected chi connectivity index (χ1v) is 9.44. The summed E-state index contributed by atoms with van der Waals surface area (Å²) < 4.78 is 42.3. The van der Waals surface area contributed by atoms with E-state index in [9.17, 15) is 18.0 Å². The van der Waals surface area contributed by atoms with Crippen molar-refractivity contribution in [3.05, 3.63) is 47.9 Å². The Bertz CT molecular complexity index is 1040. The van der Waals surface area contributed by atoms with Gasteiger partial charge in [-0.05, 0) is 30.7 Å². The molecule has 3 aromatic rings. The highest BCUT2D eigenvalue weighted by Crippen LogP contribution is 2.24. The summed E-state index contributed by atoms with van der Waals surface area (Å²) in [6.45, 7) is 4.13. The van der Waals surface area contributed by atoms with Gasteiger partial charge in [-0.3, -0.25) is 4.79 Å². The van der Waals surface area contributed by atoms with Gasteiger partial charge >= 0.3 is 6.36 Å². The number of fused-ring (bicyclic) bond motifs is 1. The topological polar surface area (TPSA) is 75.9 Å². The number of amides is 1. The summed E-state index contributed by atoms with van der Waals surface area (Å²) in [4.78, 5) is 25.1. The normalized spacial score (nSPS) is 14.9. The Morgan fingerprint density at radius 2 is 1.83 bits per heavy atom. The van der Waals surface area contributed by atoms with Crippen molar-refractivity contribution in [2.24, 2.45) is 0 Å². The van der Waals surface area contributed by atoms with Gasteiger partial charge in [0.15, 0.2) is 0 Å². The number of carbonyl (C=O) groups excluding carboxylic acids is 1. The predicted molar refractivity (Wildman–Crippen MR) is 101 cm³/mol. The van der Waals surface area contributed by atoms with Gasteiger partial charge in [-0.1, -0.05) is 6.92 Å². The summed E-state index contributed by atoms with van der Waals surface area (Å²) in [5.41, 5.74) is 1.22. The number of carbonyl (C=O) groups is 1. The van der Waals surface area contributed by atoms with Crippen molar-refractivity contribution >= 4 is 17.5 Å². The van der Waals surface area contributed by atoms with Gasteiger partial charge in [-0.2, -0.15) is 14.6 Å². The number of aromatic nitrogens is 4. The molecular weight excluding hydrogens is 401 g/mol. The van der Waals surface area contributed by atoms with Crippen LogP contribution < -0.4 is 9.64 Å². The maximum absolute atomic E-state index is 12.7. The minimum atomic E-state index is -4.76. The molecule has 0 atom stereocenters. The Labute approximate surface area is 169 Å². The van der Waals surface area contributed by atoms with Crippen molar-refractivity contribution in [1.29, 1.82) is 0 Å². The summed E-state index contributed by atoms with van der Waals surface area (Å²) >= 11 is 0. The van der Waals surface area contributed by atoms with Crippen LogP contribution in [0.4, 0.5) is 19.0 Å². The van der Waals surface area contributed by atoms with E-state index in [1.54, 1.807) is 9.42 Å². The Balaban J connectivity index is 1.43. The molecule has 3 heterocycles. The molecule has 1 aliphatic rings. The molecule has 0 saturated carbocycles. The molecule has 4 rings (SSSR count). The minimum absolute atomic E-state index is 0.233. The second kappa shape index (κ2) is 7.81. The van der Waals surface area contributed by atoms with Crippen LogP contribution in [0.25, 0.3) is 5.78 Å². The fourth-order valence-electron chi connectivity index (χ4n) is 3.37. The summed E-state index contributed by atoms with van der Waals surface area (Å²) in [6, 6.07) is 6.93. The molecule has 158 valence electrons. The Hall–Kier alpha value is -3.37. The van der Waals surface area contributed by atoms with Gasteiger partial charge in [0.25, 0.3) is 11.7 Å². The third-order valence-corrected chi connectivity index (χ3v) is 4.87. The van der Waals surface area contributed by atoms with Gasteiger partial charge in [-0.15, -0.1) is 13.2 Å². The Morgan fingerprint density at radius 3 is 2.47 bits per heavy atom. The van der Waals surface area contributed by atoms with Crippen LogP contribution in [0.2, 0.25) is 0 Å². The largest absolute Gasteiger partial charge is 0.573 e. The number of halogens is 3. The van der Waals surface area contributed by atoms with Crippen molar-refractivity contribution in [2.45, 2.75) is 19.7 Å². The zero-order chi connectivity index (χ0) is 21.3. The number of hydrogen-bond acceptors (Lipinski definition) is 6. The van der Waals surface area contributed by atoms with E-state index in [1.165, 1.54) is 18.5 Å². The third kappa shape index (κ3) is 4.14. The van der Waals surface area contributed by atoms with E-state index < -0.39 is 6.36 Å².